The van der Waals surface area contributed by atoms with E-state index in [4.69, 9.17) is 0 Å². The maximum atomic E-state index is 9.63. The van der Waals surface area contributed by atoms with E-state index in [-0.39, 0.29) is 6.10 Å². The van der Waals surface area contributed by atoms with Gasteiger partial charge in [0.2, 0.25) is 0 Å². The average Bonchev–Trinajstić information content (AvgIpc) is 2.35. The van der Waals surface area contributed by atoms with E-state index in [9.17, 15) is 10.2 Å². The summed E-state index contributed by atoms with van der Waals surface area (Å²) in [5, 5.41) is 18.8. The maximum absolute atomic E-state index is 9.63. The summed E-state index contributed by atoms with van der Waals surface area (Å²) < 4.78 is 0. The van der Waals surface area contributed by atoms with Gasteiger partial charge < -0.3 is 15.1 Å². The molecule has 2 unspecified atom stereocenters. The van der Waals surface area contributed by atoms with Gasteiger partial charge in [0.15, 0.2) is 0 Å². The molecular formula is C13H22N2O2. The molecule has 0 aromatic carbocycles. The van der Waals surface area contributed by atoms with Crippen LogP contribution >= 0.6 is 0 Å². The Labute approximate surface area is 103 Å². The summed E-state index contributed by atoms with van der Waals surface area (Å²) in [5.74, 6) is 0. The van der Waals surface area contributed by atoms with Gasteiger partial charge in [-0.1, -0.05) is 6.92 Å². The average molecular weight is 238 g/mol. The molecule has 2 N–H and O–H groups in total. The Balaban J connectivity index is 2.60. The van der Waals surface area contributed by atoms with Crippen LogP contribution < -0.4 is 4.90 Å². The number of hydrogen-bond acceptors (Lipinski definition) is 4. The molecular weight excluding hydrogens is 216 g/mol. The number of rotatable bonds is 6. The molecule has 17 heavy (non-hydrogen) atoms. The molecule has 0 aliphatic heterocycles. The Morgan fingerprint density at radius 3 is 2.53 bits per heavy atom. The predicted molar refractivity (Wildman–Crippen MR) is 69.1 cm³/mol. The van der Waals surface area contributed by atoms with E-state index >= 15 is 0 Å². The molecule has 0 saturated carbocycles. The Kier molecular flexibility index (Phi) is 5.38. The third-order valence-electron chi connectivity index (χ3n) is 2.82. The number of hydrogen-bond donors (Lipinski definition) is 2. The molecule has 0 aliphatic rings. The minimum atomic E-state index is -0.480. The molecule has 0 radical (unpaired) electrons. The van der Waals surface area contributed by atoms with E-state index in [2.05, 4.69) is 4.98 Å². The maximum Gasteiger partial charge on any atom is 0.0957 e. The summed E-state index contributed by atoms with van der Waals surface area (Å²) in [6, 6.07) is 3.80. The highest BCUT2D eigenvalue weighted by atomic mass is 16.3. The Bertz CT molecular complexity index is 325. The lowest BCUT2D eigenvalue weighted by atomic mass is 10.2. The minimum Gasteiger partial charge on any atom is -0.393 e. The largest absolute Gasteiger partial charge is 0.393 e. The zero-order valence-electron chi connectivity index (χ0n) is 10.8. The predicted octanol–water partition coefficient (Wildman–Crippen LogP) is 1.73. The number of pyridine rings is 1. The van der Waals surface area contributed by atoms with Crippen LogP contribution in [0.25, 0.3) is 0 Å². The highest BCUT2D eigenvalue weighted by Gasteiger charge is 2.08. The first kappa shape index (κ1) is 13.9. The van der Waals surface area contributed by atoms with E-state index in [0.29, 0.717) is 12.1 Å². The van der Waals surface area contributed by atoms with Crippen molar-refractivity contribution in [2.45, 2.75) is 38.9 Å². The van der Waals surface area contributed by atoms with Crippen LogP contribution in [0.3, 0.4) is 0 Å². The van der Waals surface area contributed by atoms with Crippen molar-refractivity contribution in [2.24, 2.45) is 0 Å². The van der Waals surface area contributed by atoms with E-state index < -0.39 is 6.10 Å². The lowest BCUT2D eigenvalue weighted by Crippen LogP contribution is -2.22. The van der Waals surface area contributed by atoms with Crippen LogP contribution in [0, 0.1) is 0 Å². The van der Waals surface area contributed by atoms with Crippen molar-refractivity contribution in [1.29, 1.82) is 0 Å². The minimum absolute atomic E-state index is 0.286. The van der Waals surface area contributed by atoms with Crippen LogP contribution in [0.15, 0.2) is 18.3 Å². The van der Waals surface area contributed by atoms with Crippen molar-refractivity contribution in [1.82, 2.24) is 4.98 Å². The third kappa shape index (κ3) is 4.32. The van der Waals surface area contributed by atoms with Crippen molar-refractivity contribution in [3.8, 4) is 0 Å². The first-order chi connectivity index (χ1) is 8.04. The van der Waals surface area contributed by atoms with Crippen LogP contribution in [0.4, 0.5) is 5.69 Å². The molecule has 0 bridgehead atoms. The summed E-state index contributed by atoms with van der Waals surface area (Å²) in [4.78, 5) is 6.29. The standard InChI is InChI=1S/C13H22N2O2/c1-4-13(17)12-6-5-11(9-14-12)15(3)8-7-10(2)16/h5-6,9-10,13,16-17H,4,7-8H2,1-3H3. The molecule has 1 rings (SSSR count). The molecule has 1 aromatic rings. The molecule has 0 saturated heterocycles. The Morgan fingerprint density at radius 2 is 2.06 bits per heavy atom. The lowest BCUT2D eigenvalue weighted by Gasteiger charge is -2.20. The highest BCUT2D eigenvalue weighted by molar-refractivity contribution is 5.43. The Hall–Kier alpha value is -1.13. The molecule has 4 nitrogen and oxygen atoms in total. The third-order valence-corrected chi connectivity index (χ3v) is 2.82. The number of anilines is 1. The van der Waals surface area contributed by atoms with E-state index in [1.165, 1.54) is 0 Å². The van der Waals surface area contributed by atoms with E-state index in [1.54, 1.807) is 13.1 Å². The van der Waals surface area contributed by atoms with Crippen LogP contribution in [0.1, 0.15) is 38.5 Å². The summed E-state index contributed by atoms with van der Waals surface area (Å²) in [6.07, 6.45) is 2.40. The highest BCUT2D eigenvalue weighted by Crippen LogP contribution is 2.17. The Morgan fingerprint density at radius 1 is 1.35 bits per heavy atom. The second kappa shape index (κ2) is 6.57. The fourth-order valence-electron chi connectivity index (χ4n) is 1.54. The van der Waals surface area contributed by atoms with Gasteiger partial charge in [0, 0.05) is 13.6 Å². The summed E-state index contributed by atoms with van der Waals surface area (Å²) in [6.45, 7) is 4.50. The molecule has 0 fully saturated rings. The van der Waals surface area contributed by atoms with E-state index in [1.807, 2.05) is 31.0 Å². The van der Waals surface area contributed by atoms with Crippen molar-refractivity contribution in [3.05, 3.63) is 24.0 Å². The second-order valence-corrected chi connectivity index (χ2v) is 4.42. The molecule has 96 valence electrons. The van der Waals surface area contributed by atoms with Gasteiger partial charge in [-0.2, -0.15) is 0 Å². The monoisotopic (exact) mass is 238 g/mol. The van der Waals surface area contributed by atoms with E-state index in [0.717, 1.165) is 18.7 Å². The zero-order chi connectivity index (χ0) is 12.8. The summed E-state index contributed by atoms with van der Waals surface area (Å²) >= 11 is 0. The second-order valence-electron chi connectivity index (χ2n) is 4.42. The first-order valence-electron chi connectivity index (χ1n) is 6.07. The number of aliphatic hydroxyl groups excluding tert-OH is 2. The molecule has 2 atom stereocenters. The van der Waals surface area contributed by atoms with Crippen molar-refractivity contribution in [3.63, 3.8) is 0 Å². The van der Waals surface area contributed by atoms with Gasteiger partial charge in [0.25, 0.3) is 0 Å². The van der Waals surface area contributed by atoms with Crippen LogP contribution in [-0.2, 0) is 0 Å². The summed E-state index contributed by atoms with van der Waals surface area (Å²) in [5.41, 5.74) is 1.71. The fourth-order valence-corrected chi connectivity index (χ4v) is 1.54. The topological polar surface area (TPSA) is 56.6 Å². The lowest BCUT2D eigenvalue weighted by molar-refractivity contribution is 0.169. The fraction of sp³-hybridized carbons (Fsp3) is 0.615. The van der Waals surface area contributed by atoms with Gasteiger partial charge >= 0.3 is 0 Å². The zero-order valence-corrected chi connectivity index (χ0v) is 10.8. The quantitative estimate of drug-likeness (QED) is 0.792. The van der Waals surface area contributed by atoms with Crippen molar-refractivity contribution >= 4 is 5.69 Å². The van der Waals surface area contributed by atoms with Gasteiger partial charge in [-0.15, -0.1) is 0 Å². The number of nitrogens with zero attached hydrogens (tertiary/aromatic N) is 2. The van der Waals surface area contributed by atoms with Gasteiger partial charge in [0.1, 0.15) is 0 Å². The molecule has 0 aliphatic carbocycles. The van der Waals surface area contributed by atoms with Gasteiger partial charge in [0.05, 0.1) is 29.8 Å². The van der Waals surface area contributed by atoms with Crippen molar-refractivity contribution < 1.29 is 10.2 Å². The molecule has 1 aromatic heterocycles. The number of aromatic nitrogens is 1. The van der Waals surface area contributed by atoms with Gasteiger partial charge in [-0.25, -0.2) is 0 Å². The van der Waals surface area contributed by atoms with Gasteiger partial charge in [-0.3, -0.25) is 4.98 Å². The molecule has 0 spiro atoms. The number of aliphatic hydroxyl groups is 2. The van der Waals surface area contributed by atoms with Crippen LogP contribution in [0.2, 0.25) is 0 Å². The normalized spacial score (nSPS) is 14.4. The van der Waals surface area contributed by atoms with Gasteiger partial charge in [-0.05, 0) is 31.9 Å². The smallest absolute Gasteiger partial charge is 0.0957 e. The van der Waals surface area contributed by atoms with Crippen LogP contribution in [-0.4, -0.2) is 34.9 Å². The molecule has 4 heteroatoms. The van der Waals surface area contributed by atoms with Crippen LogP contribution in [0.5, 0.6) is 0 Å². The molecule has 1 heterocycles. The summed E-state index contributed by atoms with van der Waals surface area (Å²) in [7, 11) is 1.97. The van der Waals surface area contributed by atoms with Crippen molar-refractivity contribution in [2.75, 3.05) is 18.5 Å². The SMILES string of the molecule is CCC(O)c1ccc(N(C)CCC(C)O)cn1. The first-order valence-corrected chi connectivity index (χ1v) is 6.07. The molecule has 0 amide bonds.